The average Bonchev–Trinajstić information content (AvgIpc) is 2.70. The summed E-state index contributed by atoms with van der Waals surface area (Å²) in [6.07, 6.45) is 0. The first-order chi connectivity index (χ1) is 13.0. The molecule has 0 atom stereocenters. The number of hydrogen-bond acceptors (Lipinski definition) is 2. The topological polar surface area (TPSA) is 18.5 Å². The van der Waals surface area contributed by atoms with Gasteiger partial charge in [-0.3, -0.25) is 0 Å². The minimum absolute atomic E-state index is 0.531. The van der Waals surface area contributed by atoms with Crippen molar-refractivity contribution < 1.29 is 9.16 Å². The summed E-state index contributed by atoms with van der Waals surface area (Å²) in [6.45, 7) is 7.73. The van der Waals surface area contributed by atoms with Crippen LogP contribution in [0.4, 0.5) is 0 Å². The van der Waals surface area contributed by atoms with Crippen molar-refractivity contribution in [3.63, 3.8) is 0 Å². The van der Waals surface area contributed by atoms with E-state index in [1.807, 2.05) is 18.2 Å². The number of benzene rings is 3. The highest BCUT2D eigenvalue weighted by molar-refractivity contribution is 6.69. The van der Waals surface area contributed by atoms with Crippen LogP contribution >= 0.6 is 0 Å². The highest BCUT2D eigenvalue weighted by Gasteiger charge is 2.37. The van der Waals surface area contributed by atoms with Crippen LogP contribution in [0.1, 0.15) is 16.7 Å². The van der Waals surface area contributed by atoms with Gasteiger partial charge in [0, 0.05) is 0 Å². The van der Waals surface area contributed by atoms with Crippen molar-refractivity contribution in [2.24, 2.45) is 0 Å². The van der Waals surface area contributed by atoms with E-state index in [0.29, 0.717) is 13.2 Å². The fourth-order valence-corrected chi connectivity index (χ4v) is 4.01. The lowest BCUT2D eigenvalue weighted by Gasteiger charge is -2.36. The van der Waals surface area contributed by atoms with E-state index in [-0.39, 0.29) is 0 Å². The molecule has 0 fully saturated rings. The van der Waals surface area contributed by atoms with Gasteiger partial charge in [-0.2, -0.15) is 0 Å². The van der Waals surface area contributed by atoms with Crippen molar-refractivity contribution in [1.82, 2.24) is 0 Å². The maximum Gasteiger partial charge on any atom is 0.183 e. The van der Waals surface area contributed by atoms with Gasteiger partial charge >= 0.3 is 0 Å². The molecule has 0 amide bonds. The molecule has 0 unspecified atom stereocenters. The molecule has 27 heavy (non-hydrogen) atoms. The minimum Gasteiger partial charge on any atom is -0.415 e. The number of ether oxygens (including phenoxy) is 1. The van der Waals surface area contributed by atoms with E-state index >= 15 is 0 Å². The van der Waals surface area contributed by atoms with E-state index in [1.165, 1.54) is 0 Å². The van der Waals surface area contributed by atoms with E-state index in [4.69, 9.17) is 9.16 Å². The zero-order valence-electron chi connectivity index (χ0n) is 16.4. The van der Waals surface area contributed by atoms with Gasteiger partial charge in [-0.25, -0.2) is 0 Å². The van der Waals surface area contributed by atoms with Crippen LogP contribution in [0.3, 0.4) is 0 Å². The Labute approximate surface area is 163 Å². The SMILES string of the molecule is C[Si](C)(C)OCCOC(c1ccccc1)(c1ccccc1)c1ccccc1. The predicted molar refractivity (Wildman–Crippen MR) is 114 cm³/mol. The molecule has 0 aromatic heterocycles. The summed E-state index contributed by atoms with van der Waals surface area (Å²) in [6, 6.07) is 31.4. The Kier molecular flexibility index (Phi) is 6.27. The summed E-state index contributed by atoms with van der Waals surface area (Å²) >= 11 is 0. The van der Waals surface area contributed by atoms with Gasteiger partial charge in [-0.15, -0.1) is 0 Å². The van der Waals surface area contributed by atoms with E-state index in [9.17, 15) is 0 Å². The fourth-order valence-electron chi connectivity index (χ4n) is 3.31. The fraction of sp³-hybridized carbons (Fsp3) is 0.250. The second kappa shape index (κ2) is 8.66. The Balaban J connectivity index is 2.06. The lowest BCUT2D eigenvalue weighted by atomic mass is 9.80. The Bertz CT molecular complexity index is 715. The molecule has 3 heteroatoms. The van der Waals surface area contributed by atoms with Crippen LogP contribution in [0.15, 0.2) is 91.0 Å². The highest BCUT2D eigenvalue weighted by Crippen LogP contribution is 2.40. The first-order valence-electron chi connectivity index (χ1n) is 9.47. The van der Waals surface area contributed by atoms with Crippen LogP contribution in [-0.2, 0) is 14.8 Å². The van der Waals surface area contributed by atoms with Crippen molar-refractivity contribution >= 4 is 8.32 Å². The van der Waals surface area contributed by atoms with Crippen molar-refractivity contribution in [3.05, 3.63) is 108 Å². The average molecular weight is 377 g/mol. The normalized spacial score (nSPS) is 12.1. The Morgan fingerprint density at radius 1 is 0.593 bits per heavy atom. The molecule has 0 radical (unpaired) electrons. The molecular formula is C24H28O2Si. The summed E-state index contributed by atoms with van der Waals surface area (Å²) < 4.78 is 12.7. The lowest BCUT2D eigenvalue weighted by Crippen LogP contribution is -2.35. The summed E-state index contributed by atoms with van der Waals surface area (Å²) in [4.78, 5) is 0. The second-order valence-electron chi connectivity index (χ2n) is 7.59. The van der Waals surface area contributed by atoms with Gasteiger partial charge in [0.1, 0.15) is 5.60 Å². The van der Waals surface area contributed by atoms with E-state index in [1.54, 1.807) is 0 Å². The molecule has 3 rings (SSSR count). The molecule has 3 aromatic rings. The van der Waals surface area contributed by atoms with Crippen molar-refractivity contribution in [2.45, 2.75) is 25.2 Å². The van der Waals surface area contributed by atoms with E-state index < -0.39 is 13.9 Å². The van der Waals surface area contributed by atoms with Gasteiger partial charge in [-0.1, -0.05) is 91.0 Å². The van der Waals surface area contributed by atoms with Gasteiger partial charge < -0.3 is 9.16 Å². The largest absolute Gasteiger partial charge is 0.415 e. The molecule has 2 nitrogen and oxygen atoms in total. The molecule has 0 saturated heterocycles. The van der Waals surface area contributed by atoms with Crippen molar-refractivity contribution in [1.29, 1.82) is 0 Å². The Hall–Kier alpha value is -2.20. The van der Waals surface area contributed by atoms with Gasteiger partial charge in [0.05, 0.1) is 13.2 Å². The standard InChI is InChI=1S/C24H28O2Si/c1-27(2,3)26-20-19-25-24(21-13-7-4-8-14-21,22-15-9-5-10-16-22)23-17-11-6-12-18-23/h4-18H,19-20H2,1-3H3. The van der Waals surface area contributed by atoms with Crippen LogP contribution in [0.5, 0.6) is 0 Å². The molecule has 0 saturated carbocycles. The van der Waals surface area contributed by atoms with Gasteiger partial charge in [0.25, 0.3) is 0 Å². The third-order valence-electron chi connectivity index (χ3n) is 4.48. The Morgan fingerprint density at radius 2 is 0.963 bits per heavy atom. The second-order valence-corrected chi connectivity index (χ2v) is 12.1. The third-order valence-corrected chi connectivity index (χ3v) is 5.55. The van der Waals surface area contributed by atoms with E-state index in [0.717, 1.165) is 16.7 Å². The summed E-state index contributed by atoms with van der Waals surface area (Å²) in [5.74, 6) is 0. The van der Waals surface area contributed by atoms with Gasteiger partial charge in [-0.05, 0) is 36.3 Å². The number of rotatable bonds is 8. The molecule has 0 heterocycles. The highest BCUT2D eigenvalue weighted by atomic mass is 28.4. The predicted octanol–water partition coefficient (Wildman–Crippen LogP) is 5.85. The summed E-state index contributed by atoms with van der Waals surface area (Å²) in [5.41, 5.74) is 2.70. The third kappa shape index (κ3) is 4.75. The van der Waals surface area contributed by atoms with Crippen molar-refractivity contribution in [2.75, 3.05) is 13.2 Å². The maximum atomic E-state index is 6.68. The number of hydrogen-bond donors (Lipinski definition) is 0. The minimum atomic E-state index is -1.57. The zero-order valence-corrected chi connectivity index (χ0v) is 17.4. The maximum absolute atomic E-state index is 6.68. The molecular weight excluding hydrogens is 348 g/mol. The molecule has 140 valence electrons. The quantitative estimate of drug-likeness (QED) is 0.279. The zero-order chi connectivity index (χ0) is 19.2. The molecule has 0 aliphatic carbocycles. The molecule has 0 bridgehead atoms. The first kappa shape index (κ1) is 19.6. The lowest BCUT2D eigenvalue weighted by molar-refractivity contribution is -0.00355. The van der Waals surface area contributed by atoms with Crippen molar-refractivity contribution in [3.8, 4) is 0 Å². The summed E-state index contributed by atoms with van der Waals surface area (Å²) in [5, 5.41) is 0. The molecule has 0 aliphatic rings. The monoisotopic (exact) mass is 376 g/mol. The summed E-state index contributed by atoms with van der Waals surface area (Å²) in [7, 11) is -1.57. The van der Waals surface area contributed by atoms with Crippen LogP contribution in [0, 0.1) is 0 Å². The van der Waals surface area contributed by atoms with Crippen LogP contribution in [0.2, 0.25) is 19.6 Å². The van der Waals surface area contributed by atoms with Crippen LogP contribution < -0.4 is 0 Å². The van der Waals surface area contributed by atoms with Gasteiger partial charge in [0.2, 0.25) is 0 Å². The van der Waals surface area contributed by atoms with Crippen LogP contribution in [0.25, 0.3) is 0 Å². The molecule has 0 spiro atoms. The first-order valence-corrected chi connectivity index (χ1v) is 12.9. The molecule has 0 aliphatic heterocycles. The Morgan fingerprint density at radius 3 is 1.30 bits per heavy atom. The van der Waals surface area contributed by atoms with Gasteiger partial charge in [0.15, 0.2) is 8.32 Å². The van der Waals surface area contributed by atoms with Crippen LogP contribution in [-0.4, -0.2) is 21.5 Å². The molecule has 0 N–H and O–H groups in total. The molecule has 3 aromatic carbocycles. The smallest absolute Gasteiger partial charge is 0.183 e. The van der Waals surface area contributed by atoms with E-state index in [2.05, 4.69) is 92.4 Å².